The van der Waals surface area contributed by atoms with Gasteiger partial charge in [-0.3, -0.25) is 0 Å². The lowest BCUT2D eigenvalue weighted by atomic mass is 10.1. The van der Waals surface area contributed by atoms with Gasteiger partial charge in [-0.1, -0.05) is 18.2 Å². The molecule has 4 rings (SSSR count). The van der Waals surface area contributed by atoms with Crippen LogP contribution in [0.5, 0.6) is 5.75 Å². The molecule has 3 aromatic rings. The molecular formula is C23H26N4O4. The number of amides is 1. The van der Waals surface area contributed by atoms with Crippen molar-refractivity contribution in [1.82, 2.24) is 14.9 Å². The minimum Gasteiger partial charge on any atom is -0.507 e. The minimum atomic E-state index is -0.324. The van der Waals surface area contributed by atoms with Gasteiger partial charge in [0.1, 0.15) is 18.2 Å². The number of phenolic OH excluding ortho intramolecular Hbond substituents is 1. The maximum atomic E-state index is 12.2. The summed E-state index contributed by atoms with van der Waals surface area (Å²) >= 11 is 0. The second kappa shape index (κ2) is 9.18. The second-order valence-electron chi connectivity index (χ2n) is 7.49. The molecule has 1 aliphatic rings. The van der Waals surface area contributed by atoms with Crippen molar-refractivity contribution < 1.29 is 19.4 Å². The number of aryl methyl sites for hydroxylation is 1. The first-order valence-electron chi connectivity index (χ1n) is 10.3. The Hall–Kier alpha value is -3.39. The van der Waals surface area contributed by atoms with Crippen LogP contribution >= 0.6 is 0 Å². The topological polar surface area (TPSA) is 88.0 Å². The van der Waals surface area contributed by atoms with Gasteiger partial charge in [-0.25, -0.2) is 14.8 Å². The summed E-state index contributed by atoms with van der Waals surface area (Å²) in [5.41, 5.74) is 2.51. The lowest BCUT2D eigenvalue weighted by Gasteiger charge is -2.35. The SMILES string of the molecule is COCCOC(=O)N1CCN(c2nc(-c3ccccc3O)nc3cc(C)ccc23)CC1. The van der Waals surface area contributed by atoms with Crippen molar-refractivity contribution in [3.8, 4) is 17.1 Å². The number of ether oxygens (including phenoxy) is 2. The maximum Gasteiger partial charge on any atom is 0.409 e. The van der Waals surface area contributed by atoms with E-state index < -0.39 is 0 Å². The molecule has 1 amide bonds. The van der Waals surface area contributed by atoms with Crippen LogP contribution in [-0.2, 0) is 9.47 Å². The first-order valence-corrected chi connectivity index (χ1v) is 10.3. The average Bonchev–Trinajstić information content (AvgIpc) is 2.78. The highest BCUT2D eigenvalue weighted by Crippen LogP contribution is 2.32. The molecule has 1 N–H and O–H groups in total. The third-order valence-corrected chi connectivity index (χ3v) is 5.33. The van der Waals surface area contributed by atoms with Gasteiger partial charge < -0.3 is 24.4 Å². The molecule has 162 valence electrons. The maximum absolute atomic E-state index is 12.2. The molecule has 0 bridgehead atoms. The average molecular weight is 422 g/mol. The van der Waals surface area contributed by atoms with E-state index in [1.165, 1.54) is 0 Å². The Morgan fingerprint density at radius 3 is 2.58 bits per heavy atom. The summed E-state index contributed by atoms with van der Waals surface area (Å²) in [6, 6.07) is 13.2. The summed E-state index contributed by atoms with van der Waals surface area (Å²) < 4.78 is 10.2. The Bertz CT molecular complexity index is 1080. The zero-order valence-electron chi connectivity index (χ0n) is 17.7. The molecule has 8 nitrogen and oxygen atoms in total. The molecule has 0 radical (unpaired) electrons. The largest absolute Gasteiger partial charge is 0.507 e. The van der Waals surface area contributed by atoms with Crippen molar-refractivity contribution in [3.05, 3.63) is 48.0 Å². The number of para-hydroxylation sites is 1. The number of phenols is 1. The number of carbonyl (C=O) groups excluding carboxylic acids is 1. The summed E-state index contributed by atoms with van der Waals surface area (Å²) in [6.45, 7) is 4.97. The number of aromatic hydroxyl groups is 1. The van der Waals surface area contributed by atoms with Crippen molar-refractivity contribution in [2.75, 3.05) is 51.4 Å². The number of piperazine rings is 1. The van der Waals surface area contributed by atoms with Crippen molar-refractivity contribution in [3.63, 3.8) is 0 Å². The smallest absolute Gasteiger partial charge is 0.409 e. The first kappa shape index (κ1) is 20.9. The first-order chi connectivity index (χ1) is 15.1. The number of hydrogen-bond donors (Lipinski definition) is 1. The van der Waals surface area contributed by atoms with Gasteiger partial charge in [-0.15, -0.1) is 0 Å². The van der Waals surface area contributed by atoms with Gasteiger partial charge in [0.15, 0.2) is 5.82 Å². The summed E-state index contributed by atoms with van der Waals surface area (Å²) in [5.74, 6) is 1.42. The number of nitrogens with zero attached hydrogens (tertiary/aromatic N) is 4. The van der Waals surface area contributed by atoms with Gasteiger partial charge in [0.05, 0.1) is 17.7 Å². The molecule has 8 heteroatoms. The van der Waals surface area contributed by atoms with Crippen LogP contribution in [0.25, 0.3) is 22.3 Å². The van der Waals surface area contributed by atoms with Crippen molar-refractivity contribution >= 4 is 22.8 Å². The van der Waals surface area contributed by atoms with E-state index in [0.29, 0.717) is 44.2 Å². The van der Waals surface area contributed by atoms with Crippen molar-refractivity contribution in [2.24, 2.45) is 0 Å². The van der Waals surface area contributed by atoms with Crippen LogP contribution in [0.1, 0.15) is 5.56 Å². The van der Waals surface area contributed by atoms with Gasteiger partial charge in [0.25, 0.3) is 0 Å². The third kappa shape index (κ3) is 4.54. The summed E-state index contributed by atoms with van der Waals surface area (Å²) in [7, 11) is 1.57. The predicted octanol–water partition coefficient (Wildman–Crippen LogP) is 3.22. The van der Waals surface area contributed by atoms with E-state index in [9.17, 15) is 9.90 Å². The summed E-state index contributed by atoms with van der Waals surface area (Å²) in [4.78, 5) is 25.6. The van der Waals surface area contributed by atoms with Gasteiger partial charge in [0, 0.05) is 38.7 Å². The quantitative estimate of drug-likeness (QED) is 0.632. The molecule has 0 saturated carbocycles. The van der Waals surface area contributed by atoms with Crippen LogP contribution < -0.4 is 4.90 Å². The second-order valence-corrected chi connectivity index (χ2v) is 7.49. The van der Waals surface area contributed by atoms with Crippen molar-refractivity contribution in [2.45, 2.75) is 6.92 Å². The monoisotopic (exact) mass is 422 g/mol. The molecule has 0 aliphatic carbocycles. The van der Waals surface area contributed by atoms with E-state index >= 15 is 0 Å². The Morgan fingerprint density at radius 2 is 1.84 bits per heavy atom. The lowest BCUT2D eigenvalue weighted by molar-refractivity contribution is 0.0705. The molecule has 0 atom stereocenters. The van der Waals surface area contributed by atoms with Gasteiger partial charge >= 0.3 is 6.09 Å². The number of carbonyl (C=O) groups is 1. The van der Waals surface area contributed by atoms with Crippen LogP contribution in [0.15, 0.2) is 42.5 Å². The molecule has 1 saturated heterocycles. The van der Waals surface area contributed by atoms with Crippen LogP contribution in [0.4, 0.5) is 10.6 Å². The van der Waals surface area contributed by atoms with E-state index in [-0.39, 0.29) is 18.4 Å². The molecule has 1 aliphatic heterocycles. The number of methoxy groups -OCH3 is 1. The Morgan fingerprint density at radius 1 is 1.06 bits per heavy atom. The van der Waals surface area contributed by atoms with Gasteiger partial charge in [-0.05, 0) is 36.8 Å². The molecule has 0 unspecified atom stereocenters. The lowest BCUT2D eigenvalue weighted by Crippen LogP contribution is -2.49. The number of benzene rings is 2. The third-order valence-electron chi connectivity index (χ3n) is 5.33. The van der Waals surface area contributed by atoms with E-state index in [2.05, 4.69) is 4.90 Å². The molecule has 2 aromatic carbocycles. The van der Waals surface area contributed by atoms with Crippen LogP contribution in [0.3, 0.4) is 0 Å². The van der Waals surface area contributed by atoms with E-state index in [0.717, 1.165) is 22.3 Å². The molecular weight excluding hydrogens is 396 g/mol. The fourth-order valence-electron chi connectivity index (χ4n) is 3.65. The zero-order valence-corrected chi connectivity index (χ0v) is 17.7. The van der Waals surface area contributed by atoms with Crippen LogP contribution in [0, 0.1) is 6.92 Å². The Balaban J connectivity index is 1.62. The van der Waals surface area contributed by atoms with E-state index in [4.69, 9.17) is 19.4 Å². The molecule has 2 heterocycles. The Labute approximate surface area is 181 Å². The normalized spacial score (nSPS) is 14.1. The fraction of sp³-hybridized carbons (Fsp3) is 0.348. The minimum absolute atomic E-state index is 0.143. The van der Waals surface area contributed by atoms with E-state index in [1.807, 2.05) is 37.3 Å². The highest BCUT2D eigenvalue weighted by Gasteiger charge is 2.25. The van der Waals surface area contributed by atoms with Gasteiger partial charge in [-0.2, -0.15) is 0 Å². The number of aromatic nitrogens is 2. The highest BCUT2D eigenvalue weighted by molar-refractivity contribution is 5.92. The zero-order chi connectivity index (χ0) is 21.8. The molecule has 1 fully saturated rings. The molecule has 31 heavy (non-hydrogen) atoms. The number of rotatable bonds is 5. The highest BCUT2D eigenvalue weighted by atomic mass is 16.6. The summed E-state index contributed by atoms with van der Waals surface area (Å²) in [5, 5.41) is 11.3. The molecule has 0 spiro atoms. The number of fused-ring (bicyclic) bond motifs is 1. The number of hydrogen-bond acceptors (Lipinski definition) is 7. The predicted molar refractivity (Wildman–Crippen MR) is 118 cm³/mol. The number of anilines is 1. The van der Waals surface area contributed by atoms with Crippen LogP contribution in [0.2, 0.25) is 0 Å². The van der Waals surface area contributed by atoms with Crippen LogP contribution in [-0.4, -0.2) is 72.6 Å². The molecule has 1 aromatic heterocycles. The van der Waals surface area contributed by atoms with E-state index in [1.54, 1.807) is 24.1 Å². The van der Waals surface area contributed by atoms with Crippen molar-refractivity contribution in [1.29, 1.82) is 0 Å². The summed E-state index contributed by atoms with van der Waals surface area (Å²) in [6.07, 6.45) is -0.324. The van der Waals surface area contributed by atoms with Gasteiger partial charge in [0.2, 0.25) is 0 Å². The Kier molecular flexibility index (Phi) is 6.18. The fourth-order valence-corrected chi connectivity index (χ4v) is 3.65. The standard InChI is InChI=1S/C23H26N4O4/c1-16-7-8-17-19(15-16)24-21(18-5-3-4-6-20(18)28)25-22(17)26-9-11-27(12-10-26)23(29)31-14-13-30-2/h3-8,15,28H,9-14H2,1-2H3.